The molecule has 0 saturated carbocycles. The van der Waals surface area contributed by atoms with Gasteiger partial charge >= 0.3 is 0 Å². The zero-order valence-electron chi connectivity index (χ0n) is 13.8. The number of hydrogen-bond acceptors (Lipinski definition) is 4. The van der Waals surface area contributed by atoms with Crippen molar-refractivity contribution >= 4 is 23.1 Å². The molecule has 1 aromatic carbocycles. The highest BCUT2D eigenvalue weighted by Gasteiger charge is 2.28. The lowest BCUT2D eigenvalue weighted by atomic mass is 9.87. The maximum absolute atomic E-state index is 12.6. The normalized spacial score (nSPS) is 15.8. The number of halogens is 1. The van der Waals surface area contributed by atoms with Gasteiger partial charge < -0.3 is 11.1 Å². The van der Waals surface area contributed by atoms with Crippen molar-refractivity contribution in [3.63, 3.8) is 0 Å². The lowest BCUT2D eigenvalue weighted by Gasteiger charge is -2.26. The summed E-state index contributed by atoms with van der Waals surface area (Å²) in [5.74, 6) is 0.0509. The molecule has 5 heteroatoms. The SMILES string of the molecule is C=C(NC1=C(C(N)c2ccccc2Cl)C(=O)CCC1)c1ccccn1. The summed E-state index contributed by atoms with van der Waals surface area (Å²) in [6, 6.07) is 12.4. The number of benzene rings is 1. The van der Waals surface area contributed by atoms with E-state index in [-0.39, 0.29) is 5.78 Å². The molecule has 0 bridgehead atoms. The molecule has 1 heterocycles. The Morgan fingerprint density at radius 3 is 2.68 bits per heavy atom. The van der Waals surface area contributed by atoms with Crippen LogP contribution < -0.4 is 11.1 Å². The van der Waals surface area contributed by atoms with Crippen LogP contribution in [-0.4, -0.2) is 10.8 Å². The molecule has 0 amide bonds. The van der Waals surface area contributed by atoms with Gasteiger partial charge in [-0.05, 0) is 36.6 Å². The van der Waals surface area contributed by atoms with E-state index in [9.17, 15) is 4.79 Å². The number of aromatic nitrogens is 1. The number of nitrogens with zero attached hydrogens (tertiary/aromatic N) is 1. The largest absolute Gasteiger partial charge is 0.357 e. The predicted molar refractivity (Wildman–Crippen MR) is 101 cm³/mol. The molecule has 3 rings (SSSR count). The summed E-state index contributed by atoms with van der Waals surface area (Å²) >= 11 is 6.27. The van der Waals surface area contributed by atoms with E-state index in [1.807, 2.05) is 36.4 Å². The molecule has 0 spiro atoms. The molecule has 1 unspecified atom stereocenters. The van der Waals surface area contributed by atoms with Gasteiger partial charge in [0, 0.05) is 28.9 Å². The van der Waals surface area contributed by atoms with Crippen molar-refractivity contribution in [2.75, 3.05) is 0 Å². The van der Waals surface area contributed by atoms with Gasteiger partial charge in [0.05, 0.1) is 17.4 Å². The molecule has 1 aliphatic rings. The highest BCUT2D eigenvalue weighted by atomic mass is 35.5. The van der Waals surface area contributed by atoms with Gasteiger partial charge in [0.15, 0.2) is 5.78 Å². The molecular weight excluding hydrogens is 334 g/mol. The third-order valence-electron chi connectivity index (χ3n) is 4.28. The number of allylic oxidation sites excluding steroid dienone is 1. The number of hydrogen-bond donors (Lipinski definition) is 2. The summed E-state index contributed by atoms with van der Waals surface area (Å²) < 4.78 is 0. The second-order valence-corrected chi connectivity index (χ2v) is 6.39. The molecule has 0 aliphatic heterocycles. The van der Waals surface area contributed by atoms with Gasteiger partial charge in [-0.15, -0.1) is 0 Å². The number of carbonyl (C=O) groups excluding carboxylic acids is 1. The summed E-state index contributed by atoms with van der Waals surface area (Å²) in [7, 11) is 0. The van der Waals surface area contributed by atoms with Gasteiger partial charge in [-0.25, -0.2) is 0 Å². The smallest absolute Gasteiger partial charge is 0.162 e. The van der Waals surface area contributed by atoms with Crippen LogP contribution in [0.5, 0.6) is 0 Å². The minimum absolute atomic E-state index is 0.0509. The summed E-state index contributed by atoms with van der Waals surface area (Å²) in [5, 5.41) is 3.82. The minimum atomic E-state index is -0.569. The van der Waals surface area contributed by atoms with Gasteiger partial charge in [0.2, 0.25) is 0 Å². The Morgan fingerprint density at radius 1 is 1.20 bits per heavy atom. The lowest BCUT2D eigenvalue weighted by Crippen LogP contribution is -2.28. The molecular formula is C20H20ClN3O. The fourth-order valence-corrected chi connectivity index (χ4v) is 3.28. The third kappa shape index (κ3) is 3.81. The monoisotopic (exact) mass is 353 g/mol. The quantitative estimate of drug-likeness (QED) is 0.852. The Hall–Kier alpha value is -2.43. The fourth-order valence-electron chi connectivity index (χ4n) is 3.02. The van der Waals surface area contributed by atoms with Crippen LogP contribution in [0.2, 0.25) is 5.02 Å². The average Bonchev–Trinajstić information content (AvgIpc) is 2.62. The van der Waals surface area contributed by atoms with Gasteiger partial charge in [-0.1, -0.05) is 42.4 Å². The Bertz CT molecular complexity index is 830. The number of rotatable bonds is 5. The standard InChI is InChI=1S/C20H20ClN3O/c1-13(16-9-4-5-12-23-16)24-17-10-6-11-18(25)19(17)20(22)14-7-2-3-8-15(14)21/h2-5,7-9,12,20,24H,1,6,10-11,22H2. The first kappa shape index (κ1) is 17.4. The van der Waals surface area contributed by atoms with Crippen LogP contribution in [-0.2, 0) is 4.79 Å². The number of carbonyl (C=O) groups is 1. The van der Waals surface area contributed by atoms with E-state index in [0.717, 1.165) is 29.8 Å². The van der Waals surface area contributed by atoms with Crippen LogP contribution in [0.1, 0.15) is 36.6 Å². The third-order valence-corrected chi connectivity index (χ3v) is 4.63. The molecule has 1 aromatic heterocycles. The van der Waals surface area contributed by atoms with Gasteiger partial charge in [0.1, 0.15) is 0 Å². The van der Waals surface area contributed by atoms with E-state index in [2.05, 4.69) is 16.9 Å². The van der Waals surface area contributed by atoms with Crippen molar-refractivity contribution in [3.05, 3.63) is 82.8 Å². The maximum atomic E-state index is 12.6. The zero-order valence-corrected chi connectivity index (χ0v) is 14.6. The van der Waals surface area contributed by atoms with Crippen molar-refractivity contribution < 1.29 is 4.79 Å². The molecule has 128 valence electrons. The fraction of sp³-hybridized carbons (Fsp3) is 0.200. The van der Waals surface area contributed by atoms with Gasteiger partial charge in [-0.2, -0.15) is 0 Å². The molecule has 2 aromatic rings. The van der Waals surface area contributed by atoms with Crippen molar-refractivity contribution in [2.24, 2.45) is 5.73 Å². The lowest BCUT2D eigenvalue weighted by molar-refractivity contribution is -0.116. The van der Waals surface area contributed by atoms with Crippen LogP contribution in [0.25, 0.3) is 5.70 Å². The predicted octanol–water partition coefficient (Wildman–Crippen LogP) is 4.00. The Kier molecular flexibility index (Phi) is 5.31. The van der Waals surface area contributed by atoms with E-state index in [4.69, 9.17) is 17.3 Å². The number of nitrogens with two attached hydrogens (primary N) is 1. The first-order valence-electron chi connectivity index (χ1n) is 8.21. The van der Waals surface area contributed by atoms with E-state index < -0.39 is 6.04 Å². The Morgan fingerprint density at radius 2 is 1.96 bits per heavy atom. The van der Waals surface area contributed by atoms with Gasteiger partial charge in [-0.3, -0.25) is 9.78 Å². The Labute approximate surface area is 152 Å². The highest BCUT2D eigenvalue weighted by molar-refractivity contribution is 6.31. The number of Topliss-reactive ketones (excluding diaryl/α,β-unsaturated/α-hetero) is 1. The maximum Gasteiger partial charge on any atom is 0.162 e. The first-order valence-corrected chi connectivity index (χ1v) is 8.59. The summed E-state index contributed by atoms with van der Waals surface area (Å²) in [5.41, 5.74) is 9.93. The average molecular weight is 354 g/mol. The van der Waals surface area contributed by atoms with Crippen molar-refractivity contribution in [1.82, 2.24) is 10.3 Å². The summed E-state index contributed by atoms with van der Waals surface area (Å²) in [6.07, 6.45) is 3.73. The second kappa shape index (κ2) is 7.64. The number of pyridine rings is 1. The highest BCUT2D eigenvalue weighted by Crippen LogP contribution is 2.33. The van der Waals surface area contributed by atoms with Crippen molar-refractivity contribution in [3.8, 4) is 0 Å². The van der Waals surface area contributed by atoms with E-state index in [0.29, 0.717) is 22.7 Å². The molecule has 1 atom stereocenters. The Balaban J connectivity index is 1.95. The van der Waals surface area contributed by atoms with Crippen LogP contribution in [0, 0.1) is 0 Å². The summed E-state index contributed by atoms with van der Waals surface area (Å²) in [4.78, 5) is 16.9. The molecule has 3 N–H and O–H groups in total. The second-order valence-electron chi connectivity index (χ2n) is 5.99. The van der Waals surface area contributed by atoms with Gasteiger partial charge in [0.25, 0.3) is 0 Å². The first-order chi connectivity index (χ1) is 12.1. The molecule has 0 fully saturated rings. The van der Waals surface area contributed by atoms with Crippen LogP contribution in [0.15, 0.2) is 66.5 Å². The molecule has 0 saturated heterocycles. The number of ketones is 1. The van der Waals surface area contributed by atoms with Crippen molar-refractivity contribution in [2.45, 2.75) is 25.3 Å². The minimum Gasteiger partial charge on any atom is -0.357 e. The molecule has 25 heavy (non-hydrogen) atoms. The van der Waals surface area contributed by atoms with Crippen molar-refractivity contribution in [1.29, 1.82) is 0 Å². The number of nitrogens with one attached hydrogen (secondary N) is 1. The van der Waals surface area contributed by atoms with Crippen LogP contribution in [0.4, 0.5) is 0 Å². The summed E-state index contributed by atoms with van der Waals surface area (Å²) in [6.45, 7) is 4.04. The van der Waals surface area contributed by atoms with E-state index >= 15 is 0 Å². The molecule has 1 aliphatic carbocycles. The molecule has 0 radical (unpaired) electrons. The van der Waals surface area contributed by atoms with Crippen LogP contribution >= 0.6 is 11.6 Å². The van der Waals surface area contributed by atoms with E-state index in [1.165, 1.54) is 0 Å². The van der Waals surface area contributed by atoms with Crippen LogP contribution in [0.3, 0.4) is 0 Å². The zero-order chi connectivity index (χ0) is 17.8. The topological polar surface area (TPSA) is 68.0 Å². The van der Waals surface area contributed by atoms with E-state index in [1.54, 1.807) is 12.3 Å². The molecule has 4 nitrogen and oxygen atoms in total.